The Morgan fingerprint density at radius 3 is 2.84 bits per heavy atom. The molecule has 1 aromatic rings. The van der Waals surface area contributed by atoms with Crippen molar-refractivity contribution < 1.29 is 13.2 Å². The third kappa shape index (κ3) is 3.39. The van der Waals surface area contributed by atoms with E-state index in [1.807, 2.05) is 0 Å². The van der Waals surface area contributed by atoms with E-state index in [1.54, 1.807) is 4.90 Å². The van der Waals surface area contributed by atoms with Gasteiger partial charge >= 0.3 is 6.18 Å². The van der Waals surface area contributed by atoms with E-state index in [0.717, 1.165) is 18.9 Å². The molecule has 0 bridgehead atoms. The highest BCUT2D eigenvalue weighted by Crippen LogP contribution is 2.38. The Labute approximate surface area is 118 Å². The number of rotatable bonds is 3. The molecule has 0 amide bonds. The largest absolute Gasteiger partial charge is 0.419 e. The van der Waals surface area contributed by atoms with Crippen LogP contribution in [0.15, 0.2) is 16.7 Å². The predicted octanol–water partition coefficient (Wildman–Crippen LogP) is 3.04. The number of pyridine rings is 1. The van der Waals surface area contributed by atoms with Gasteiger partial charge in [-0.1, -0.05) is 0 Å². The Bertz CT molecular complexity index is 450. The smallest absolute Gasteiger partial charge is 0.356 e. The normalized spacial score (nSPS) is 20.1. The molecule has 1 unspecified atom stereocenters. The number of aromatic nitrogens is 1. The number of alkyl halides is 3. The van der Waals surface area contributed by atoms with Gasteiger partial charge in [0.05, 0.1) is 5.56 Å². The van der Waals surface area contributed by atoms with E-state index in [2.05, 4.69) is 20.9 Å². The minimum Gasteiger partial charge on any atom is -0.356 e. The highest BCUT2D eigenvalue weighted by molar-refractivity contribution is 9.10. The summed E-state index contributed by atoms with van der Waals surface area (Å²) in [5.41, 5.74) is 4.81. The lowest BCUT2D eigenvalue weighted by molar-refractivity contribution is -0.137. The minimum absolute atomic E-state index is 0.0234. The zero-order valence-corrected chi connectivity index (χ0v) is 11.8. The van der Waals surface area contributed by atoms with Crippen molar-refractivity contribution in [2.75, 3.05) is 24.5 Å². The summed E-state index contributed by atoms with van der Waals surface area (Å²) < 4.78 is 39.4. The topological polar surface area (TPSA) is 42.1 Å². The molecule has 1 fully saturated rings. The van der Waals surface area contributed by atoms with Gasteiger partial charge in [-0.3, -0.25) is 0 Å². The second kappa shape index (κ2) is 5.66. The van der Waals surface area contributed by atoms with Gasteiger partial charge in [0.25, 0.3) is 0 Å². The van der Waals surface area contributed by atoms with Crippen LogP contribution < -0.4 is 10.6 Å². The standard InChI is InChI=1S/C12H15BrF3N3/c13-9-5-10(12(14,15)16)11(18-6-9)19-4-2-8(7-19)1-3-17/h5-6,8H,1-4,7,17H2. The van der Waals surface area contributed by atoms with Crippen LogP contribution in [0.25, 0.3) is 0 Å². The zero-order valence-electron chi connectivity index (χ0n) is 10.3. The van der Waals surface area contributed by atoms with Crippen LogP contribution in [0.3, 0.4) is 0 Å². The van der Waals surface area contributed by atoms with Crippen LogP contribution in [-0.2, 0) is 6.18 Å². The molecule has 1 atom stereocenters. The van der Waals surface area contributed by atoms with E-state index in [0.29, 0.717) is 30.0 Å². The molecule has 2 heterocycles. The first-order valence-electron chi connectivity index (χ1n) is 6.09. The van der Waals surface area contributed by atoms with E-state index in [4.69, 9.17) is 5.73 Å². The summed E-state index contributed by atoms with van der Waals surface area (Å²) in [5, 5.41) is 0. The van der Waals surface area contributed by atoms with Crippen LogP contribution in [0.1, 0.15) is 18.4 Å². The Morgan fingerprint density at radius 2 is 2.21 bits per heavy atom. The molecule has 0 aromatic carbocycles. The van der Waals surface area contributed by atoms with Crippen LogP contribution in [-0.4, -0.2) is 24.6 Å². The minimum atomic E-state index is -4.39. The summed E-state index contributed by atoms with van der Waals surface area (Å²) in [4.78, 5) is 5.65. The summed E-state index contributed by atoms with van der Waals surface area (Å²) in [6.07, 6.45) is -1.28. The molecule has 1 aromatic heterocycles. The molecular formula is C12H15BrF3N3. The fraction of sp³-hybridized carbons (Fsp3) is 0.583. The van der Waals surface area contributed by atoms with Crippen LogP contribution >= 0.6 is 15.9 Å². The molecule has 0 spiro atoms. The average molecular weight is 338 g/mol. The zero-order chi connectivity index (χ0) is 14.0. The van der Waals surface area contributed by atoms with Crippen molar-refractivity contribution in [1.82, 2.24) is 4.98 Å². The van der Waals surface area contributed by atoms with Gasteiger partial charge in [-0.2, -0.15) is 13.2 Å². The molecule has 3 nitrogen and oxygen atoms in total. The second-order valence-electron chi connectivity index (χ2n) is 4.70. The molecule has 2 N–H and O–H groups in total. The summed E-state index contributed by atoms with van der Waals surface area (Å²) >= 11 is 3.04. The number of hydrogen-bond acceptors (Lipinski definition) is 3. The summed E-state index contributed by atoms with van der Waals surface area (Å²) in [6, 6.07) is 1.08. The van der Waals surface area contributed by atoms with Crippen molar-refractivity contribution in [3.63, 3.8) is 0 Å². The van der Waals surface area contributed by atoms with Gasteiger partial charge in [-0.25, -0.2) is 4.98 Å². The van der Waals surface area contributed by atoms with E-state index in [1.165, 1.54) is 6.20 Å². The Kier molecular flexibility index (Phi) is 4.35. The van der Waals surface area contributed by atoms with E-state index in [9.17, 15) is 13.2 Å². The molecule has 0 saturated carbocycles. The van der Waals surface area contributed by atoms with Crippen molar-refractivity contribution in [1.29, 1.82) is 0 Å². The highest BCUT2D eigenvalue weighted by atomic mass is 79.9. The van der Waals surface area contributed by atoms with Gasteiger partial charge in [0, 0.05) is 23.8 Å². The first-order chi connectivity index (χ1) is 8.91. The Hall–Kier alpha value is -0.820. The molecule has 0 aliphatic carbocycles. The third-order valence-electron chi connectivity index (χ3n) is 3.30. The molecule has 0 radical (unpaired) electrons. The van der Waals surface area contributed by atoms with Gasteiger partial charge in [-0.15, -0.1) is 0 Å². The maximum Gasteiger partial charge on any atom is 0.419 e. The lowest BCUT2D eigenvalue weighted by Gasteiger charge is -2.22. The van der Waals surface area contributed by atoms with Crippen molar-refractivity contribution in [3.05, 3.63) is 22.3 Å². The van der Waals surface area contributed by atoms with Crippen LogP contribution in [0, 0.1) is 5.92 Å². The quantitative estimate of drug-likeness (QED) is 0.921. The molecule has 1 saturated heterocycles. The number of halogens is 4. The van der Waals surface area contributed by atoms with Gasteiger partial charge in [-0.05, 0) is 47.3 Å². The molecule has 1 aliphatic heterocycles. The van der Waals surface area contributed by atoms with Gasteiger partial charge in [0.1, 0.15) is 5.82 Å². The fourth-order valence-electron chi connectivity index (χ4n) is 2.39. The lowest BCUT2D eigenvalue weighted by Crippen LogP contribution is -2.25. The molecule has 1 aliphatic rings. The molecule has 19 heavy (non-hydrogen) atoms. The number of hydrogen-bond donors (Lipinski definition) is 1. The molecular weight excluding hydrogens is 323 g/mol. The van der Waals surface area contributed by atoms with Crippen molar-refractivity contribution in [3.8, 4) is 0 Å². The van der Waals surface area contributed by atoms with E-state index >= 15 is 0 Å². The molecule has 2 rings (SSSR count). The van der Waals surface area contributed by atoms with Gasteiger partial charge < -0.3 is 10.6 Å². The highest BCUT2D eigenvalue weighted by Gasteiger charge is 2.37. The second-order valence-corrected chi connectivity index (χ2v) is 5.62. The molecule has 106 valence electrons. The average Bonchev–Trinajstić information content (AvgIpc) is 2.77. The van der Waals surface area contributed by atoms with Gasteiger partial charge in [0.15, 0.2) is 0 Å². The fourth-order valence-corrected chi connectivity index (χ4v) is 2.72. The van der Waals surface area contributed by atoms with Crippen molar-refractivity contribution >= 4 is 21.7 Å². The van der Waals surface area contributed by atoms with Crippen LogP contribution in [0.5, 0.6) is 0 Å². The number of nitrogens with zero attached hydrogens (tertiary/aromatic N) is 2. The first-order valence-corrected chi connectivity index (χ1v) is 6.89. The maximum absolute atomic E-state index is 13.0. The van der Waals surface area contributed by atoms with E-state index < -0.39 is 11.7 Å². The summed E-state index contributed by atoms with van der Waals surface area (Å²) in [5.74, 6) is 0.381. The number of anilines is 1. The lowest BCUT2D eigenvalue weighted by atomic mass is 10.1. The summed E-state index contributed by atoms with van der Waals surface area (Å²) in [6.45, 7) is 1.76. The Morgan fingerprint density at radius 1 is 1.47 bits per heavy atom. The van der Waals surface area contributed by atoms with Crippen LogP contribution in [0.4, 0.5) is 19.0 Å². The predicted molar refractivity (Wildman–Crippen MR) is 70.9 cm³/mol. The van der Waals surface area contributed by atoms with Gasteiger partial charge in [0.2, 0.25) is 0 Å². The monoisotopic (exact) mass is 337 g/mol. The maximum atomic E-state index is 13.0. The van der Waals surface area contributed by atoms with Crippen molar-refractivity contribution in [2.45, 2.75) is 19.0 Å². The molecule has 7 heteroatoms. The summed E-state index contributed by atoms with van der Waals surface area (Å²) in [7, 11) is 0. The van der Waals surface area contributed by atoms with Crippen molar-refractivity contribution in [2.24, 2.45) is 11.7 Å². The number of nitrogens with two attached hydrogens (primary N) is 1. The third-order valence-corrected chi connectivity index (χ3v) is 3.73. The SMILES string of the molecule is NCCC1CCN(c2ncc(Br)cc2C(F)(F)F)C1. The van der Waals surface area contributed by atoms with Crippen LogP contribution in [0.2, 0.25) is 0 Å². The van der Waals surface area contributed by atoms with E-state index in [-0.39, 0.29) is 5.82 Å². The Balaban J connectivity index is 2.26. The first kappa shape index (κ1) is 14.6.